The second kappa shape index (κ2) is 12.8. The van der Waals surface area contributed by atoms with Gasteiger partial charge >= 0.3 is 0 Å². The predicted molar refractivity (Wildman–Crippen MR) is 184 cm³/mol. The van der Waals surface area contributed by atoms with Gasteiger partial charge in [-0.3, -0.25) is 19.5 Å². The number of non-ortho nitro benzene ring substituents is 1. The van der Waals surface area contributed by atoms with Crippen molar-refractivity contribution in [1.29, 1.82) is 0 Å². The maximum atomic E-state index is 14.2. The monoisotopic (exact) mass is 683 g/mol. The van der Waals surface area contributed by atoms with E-state index in [1.165, 1.54) is 23.0 Å². The number of fused-ring (bicyclic) bond motifs is 3. The first kappa shape index (κ1) is 30.9. The Morgan fingerprint density at radius 2 is 1.85 bits per heavy atom. The summed E-state index contributed by atoms with van der Waals surface area (Å²) in [5, 5.41) is 12.8. The highest BCUT2D eigenvalue weighted by Gasteiger charge is 2.33. The molecule has 0 radical (unpaired) electrons. The van der Waals surface area contributed by atoms with E-state index < -0.39 is 11.0 Å². The summed E-state index contributed by atoms with van der Waals surface area (Å²) in [6, 6.07) is 24.9. The Kier molecular flexibility index (Phi) is 8.44. The largest absolute Gasteiger partial charge is 0.490 e. The third-order valence-corrected chi connectivity index (χ3v) is 9.80. The molecule has 236 valence electrons. The summed E-state index contributed by atoms with van der Waals surface area (Å²) >= 11 is 13.7. The number of thiazole rings is 1. The number of benzene rings is 4. The fourth-order valence-electron chi connectivity index (χ4n) is 6.08. The number of aromatic nitrogens is 1. The smallest absolute Gasteiger partial charge is 0.271 e. The van der Waals surface area contributed by atoms with Crippen LogP contribution in [-0.4, -0.2) is 16.1 Å². The van der Waals surface area contributed by atoms with E-state index in [1.54, 1.807) is 34.9 Å². The summed E-state index contributed by atoms with van der Waals surface area (Å²) in [6.07, 6.45) is 3.29. The van der Waals surface area contributed by atoms with Crippen LogP contribution >= 0.6 is 34.5 Å². The first-order valence-electron chi connectivity index (χ1n) is 15.0. The molecule has 1 aliphatic carbocycles. The zero-order valence-electron chi connectivity index (χ0n) is 25.1. The Labute approximate surface area is 283 Å². The van der Waals surface area contributed by atoms with E-state index in [4.69, 9.17) is 37.7 Å². The Bertz CT molecular complexity index is 2280. The second-order valence-corrected chi connectivity index (χ2v) is 13.0. The van der Waals surface area contributed by atoms with Gasteiger partial charge in [-0.15, -0.1) is 0 Å². The maximum Gasteiger partial charge on any atom is 0.271 e. The number of aryl methyl sites for hydroxylation is 1. The highest BCUT2D eigenvalue weighted by Crippen LogP contribution is 2.41. The van der Waals surface area contributed by atoms with Crippen molar-refractivity contribution in [3.63, 3.8) is 0 Å². The maximum absolute atomic E-state index is 14.2. The Balaban J connectivity index is 1.32. The van der Waals surface area contributed by atoms with Crippen molar-refractivity contribution < 1.29 is 14.4 Å². The Morgan fingerprint density at radius 3 is 2.66 bits per heavy atom. The average molecular weight is 685 g/mol. The summed E-state index contributed by atoms with van der Waals surface area (Å²) in [7, 11) is 0. The van der Waals surface area contributed by atoms with Crippen molar-refractivity contribution in [1.82, 2.24) is 4.57 Å². The number of allylic oxidation sites excluding steroid dienone is 1. The highest BCUT2D eigenvalue weighted by atomic mass is 35.5. The van der Waals surface area contributed by atoms with E-state index in [-0.39, 0.29) is 17.9 Å². The molecule has 2 aliphatic rings. The van der Waals surface area contributed by atoms with E-state index >= 15 is 0 Å². The minimum Gasteiger partial charge on any atom is -0.490 e. The molecule has 0 saturated carbocycles. The first-order chi connectivity index (χ1) is 22.8. The average Bonchev–Trinajstić information content (AvgIpc) is 3.38. The van der Waals surface area contributed by atoms with Crippen LogP contribution in [0.5, 0.6) is 11.5 Å². The topological polar surface area (TPSA) is 96.0 Å². The Hall–Kier alpha value is -4.70. The van der Waals surface area contributed by atoms with Crippen LogP contribution in [0.25, 0.3) is 11.8 Å². The van der Waals surface area contributed by atoms with Gasteiger partial charge in [0.2, 0.25) is 0 Å². The molecule has 8 nitrogen and oxygen atoms in total. The van der Waals surface area contributed by atoms with Crippen molar-refractivity contribution in [2.45, 2.75) is 32.4 Å². The molecule has 1 aliphatic heterocycles. The van der Waals surface area contributed by atoms with Gasteiger partial charge in [0.05, 0.1) is 27.8 Å². The van der Waals surface area contributed by atoms with Crippen LogP contribution in [0.1, 0.15) is 47.2 Å². The molecule has 2 heterocycles. The quantitative estimate of drug-likeness (QED) is 0.125. The fourth-order valence-corrected chi connectivity index (χ4v) is 7.54. The van der Waals surface area contributed by atoms with E-state index in [1.807, 2.05) is 55.5 Å². The van der Waals surface area contributed by atoms with Gasteiger partial charge in [0.15, 0.2) is 16.3 Å². The molecule has 0 spiro atoms. The van der Waals surface area contributed by atoms with Gasteiger partial charge in [0.1, 0.15) is 6.61 Å². The number of nitrogens with zero attached hydrogens (tertiary/aromatic N) is 3. The molecule has 1 atom stereocenters. The van der Waals surface area contributed by atoms with Crippen LogP contribution in [0.15, 0.2) is 100 Å². The Morgan fingerprint density at radius 1 is 1.00 bits per heavy atom. The van der Waals surface area contributed by atoms with Crippen LogP contribution in [0.2, 0.25) is 10.0 Å². The zero-order valence-corrected chi connectivity index (χ0v) is 27.4. The lowest BCUT2D eigenvalue weighted by Crippen LogP contribution is -2.38. The zero-order chi connectivity index (χ0) is 32.7. The van der Waals surface area contributed by atoms with E-state index in [0.717, 1.165) is 34.4 Å². The molecule has 11 heteroatoms. The van der Waals surface area contributed by atoms with Gasteiger partial charge in [-0.05, 0) is 72.4 Å². The third kappa shape index (κ3) is 5.98. The van der Waals surface area contributed by atoms with Gasteiger partial charge < -0.3 is 9.47 Å². The minimum absolute atomic E-state index is 0.0240. The molecule has 1 aromatic heterocycles. The number of hydrogen-bond donors (Lipinski definition) is 0. The van der Waals surface area contributed by atoms with Crippen molar-refractivity contribution in [2.24, 2.45) is 4.99 Å². The standard InChI is InChI=1S/C36H27Cl2N3O5S/c1-2-45-31-16-21(10-15-30(31)46-20-24-11-13-25(37)19-29(24)38)17-32-35(42)40-34(23-7-5-8-26(18-23)41(43)44)28-14-12-22-6-3-4-9-27(22)33(28)39-36(40)47-32/h3-11,13,15-19,34H,2,12,14,20H2,1H3/b32-17+/t34-/m1/s1. The molecule has 0 unspecified atom stereocenters. The molecular weight excluding hydrogens is 657 g/mol. The molecule has 0 N–H and O–H groups in total. The molecule has 47 heavy (non-hydrogen) atoms. The summed E-state index contributed by atoms with van der Waals surface area (Å²) < 4.78 is 14.1. The second-order valence-electron chi connectivity index (χ2n) is 11.1. The molecular formula is C36H27Cl2N3O5S. The fraction of sp³-hybridized carbons (Fsp3) is 0.167. The van der Waals surface area contributed by atoms with Crippen LogP contribution in [-0.2, 0) is 13.0 Å². The third-order valence-electron chi connectivity index (χ3n) is 8.23. The molecule has 0 saturated heterocycles. The normalized spacial score (nSPS) is 15.4. The molecule has 4 aromatic carbocycles. The number of hydrogen-bond acceptors (Lipinski definition) is 7. The number of nitro benzene ring substituents is 1. The van der Waals surface area contributed by atoms with E-state index in [9.17, 15) is 14.9 Å². The van der Waals surface area contributed by atoms with Crippen molar-refractivity contribution in [3.05, 3.63) is 158 Å². The van der Waals surface area contributed by atoms with Gasteiger partial charge in [-0.1, -0.05) is 83.1 Å². The lowest BCUT2D eigenvalue weighted by atomic mass is 9.83. The van der Waals surface area contributed by atoms with Crippen LogP contribution in [0.3, 0.4) is 0 Å². The minimum atomic E-state index is -0.522. The lowest BCUT2D eigenvalue weighted by molar-refractivity contribution is -0.384. The SMILES string of the molecule is CCOc1cc(/C=c2/sc3n(c2=O)[C@H](c2cccc([N+](=O)[O-])c2)C2=C(N=3)c3ccccc3CC2)ccc1OCc1ccc(Cl)cc1Cl. The highest BCUT2D eigenvalue weighted by molar-refractivity contribution is 7.07. The van der Waals surface area contributed by atoms with Gasteiger partial charge in [-0.25, -0.2) is 4.99 Å². The van der Waals surface area contributed by atoms with Crippen molar-refractivity contribution >= 4 is 52.0 Å². The number of ether oxygens (including phenoxy) is 2. The van der Waals surface area contributed by atoms with Crippen LogP contribution in [0, 0.1) is 10.1 Å². The molecule has 0 amide bonds. The molecule has 7 rings (SSSR count). The molecule has 0 fully saturated rings. The summed E-state index contributed by atoms with van der Waals surface area (Å²) in [6.45, 7) is 2.53. The summed E-state index contributed by atoms with van der Waals surface area (Å²) in [4.78, 5) is 31.1. The van der Waals surface area contributed by atoms with Crippen molar-refractivity contribution in [2.75, 3.05) is 6.61 Å². The van der Waals surface area contributed by atoms with Gasteiger partial charge in [0.25, 0.3) is 11.2 Å². The molecule has 5 aromatic rings. The molecule has 0 bridgehead atoms. The van der Waals surface area contributed by atoms with Crippen LogP contribution < -0.4 is 24.4 Å². The first-order valence-corrected chi connectivity index (χ1v) is 16.6. The van der Waals surface area contributed by atoms with E-state index in [2.05, 4.69) is 6.07 Å². The lowest BCUT2D eigenvalue weighted by Gasteiger charge is -2.30. The predicted octanol–water partition coefficient (Wildman–Crippen LogP) is 7.51. The van der Waals surface area contributed by atoms with Crippen molar-refractivity contribution in [3.8, 4) is 11.5 Å². The summed E-state index contributed by atoms with van der Waals surface area (Å²) in [5.41, 5.74) is 5.99. The number of rotatable bonds is 8. The summed E-state index contributed by atoms with van der Waals surface area (Å²) in [5.74, 6) is 1.06. The number of nitro groups is 1. The van der Waals surface area contributed by atoms with Crippen LogP contribution in [0.4, 0.5) is 5.69 Å². The van der Waals surface area contributed by atoms with Gasteiger partial charge in [0, 0.05) is 33.3 Å². The number of halogens is 2. The van der Waals surface area contributed by atoms with E-state index in [0.29, 0.717) is 49.5 Å². The van der Waals surface area contributed by atoms with Gasteiger partial charge in [-0.2, -0.15) is 0 Å².